The Morgan fingerprint density at radius 3 is 2.48 bits per heavy atom. The zero-order valence-corrected chi connectivity index (χ0v) is 16.3. The van der Waals surface area contributed by atoms with E-state index in [0.29, 0.717) is 34.0 Å². The van der Waals surface area contributed by atoms with Crippen LogP contribution in [0.15, 0.2) is 25.6 Å². The van der Waals surface area contributed by atoms with Crippen molar-refractivity contribution in [3.63, 3.8) is 0 Å². The lowest BCUT2D eigenvalue weighted by Gasteiger charge is -2.09. The molecule has 2 aromatic heterocycles. The van der Waals surface area contributed by atoms with Gasteiger partial charge in [-0.05, 0) is 11.8 Å². The van der Waals surface area contributed by atoms with Crippen LogP contribution in [0.3, 0.4) is 0 Å². The molecule has 7 nitrogen and oxygen atoms in total. The van der Waals surface area contributed by atoms with Crippen LogP contribution in [0.2, 0.25) is 0 Å². The van der Waals surface area contributed by atoms with E-state index in [4.69, 9.17) is 9.47 Å². The average Bonchev–Trinajstić information content (AvgIpc) is 3.07. The van der Waals surface area contributed by atoms with Crippen LogP contribution in [0.1, 0.15) is 12.7 Å². The molecule has 0 saturated carbocycles. The predicted octanol–water partition coefficient (Wildman–Crippen LogP) is 3.20. The van der Waals surface area contributed by atoms with Gasteiger partial charge in [0, 0.05) is 6.07 Å². The van der Waals surface area contributed by atoms with E-state index < -0.39 is 0 Å². The molecule has 0 radical (unpaired) electrons. The van der Waals surface area contributed by atoms with Crippen LogP contribution < -0.4 is 15.0 Å². The minimum absolute atomic E-state index is 0.207. The van der Waals surface area contributed by atoms with E-state index in [9.17, 15) is 4.79 Å². The van der Waals surface area contributed by atoms with Gasteiger partial charge in [-0.25, -0.2) is 4.98 Å². The fraction of sp³-hybridized carbons (Fsp3) is 0.333. The van der Waals surface area contributed by atoms with Gasteiger partial charge in [-0.1, -0.05) is 41.8 Å². The Morgan fingerprint density at radius 2 is 1.80 bits per heavy atom. The van der Waals surface area contributed by atoms with Gasteiger partial charge in [0.05, 0.1) is 30.9 Å². The van der Waals surface area contributed by atoms with Gasteiger partial charge in [-0.2, -0.15) is 0 Å². The molecule has 0 aliphatic heterocycles. The second-order valence-corrected chi connectivity index (χ2v) is 8.50. The third kappa shape index (κ3) is 4.07. The Balaban J connectivity index is 1.85. The van der Waals surface area contributed by atoms with Gasteiger partial charge in [0.1, 0.15) is 5.82 Å². The number of benzene rings is 1. The molecule has 0 aliphatic rings. The Morgan fingerprint density at radius 1 is 1.12 bits per heavy atom. The summed E-state index contributed by atoms with van der Waals surface area (Å²) in [5.41, 5.74) is 0.359. The van der Waals surface area contributed by atoms with E-state index in [-0.39, 0.29) is 5.56 Å². The molecule has 1 aromatic carbocycles. The Kier molecular flexibility index (Phi) is 5.82. The summed E-state index contributed by atoms with van der Waals surface area (Å²) in [5, 5.41) is 8.72. The predicted molar refractivity (Wildman–Crippen MR) is 101 cm³/mol. The first-order valence-corrected chi connectivity index (χ1v) is 10.2. The second-order valence-electron chi connectivity index (χ2n) is 4.79. The number of ether oxygens (including phenoxy) is 2. The molecular weight excluding hydrogens is 380 g/mol. The monoisotopic (exact) mass is 396 g/mol. The number of nitrogens with zero attached hydrogens (tertiary/aromatic N) is 3. The van der Waals surface area contributed by atoms with Crippen LogP contribution in [0.5, 0.6) is 11.5 Å². The summed E-state index contributed by atoms with van der Waals surface area (Å²) in [6.07, 6.45) is 0. The highest BCUT2D eigenvalue weighted by molar-refractivity contribution is 8.02. The summed E-state index contributed by atoms with van der Waals surface area (Å²) in [6.45, 7) is 2.08. The number of thioether (sulfide) groups is 2. The molecule has 0 amide bonds. The van der Waals surface area contributed by atoms with Gasteiger partial charge in [0.25, 0.3) is 5.56 Å². The van der Waals surface area contributed by atoms with E-state index in [1.165, 1.54) is 18.9 Å². The van der Waals surface area contributed by atoms with Crippen molar-refractivity contribution in [2.45, 2.75) is 21.4 Å². The highest BCUT2D eigenvalue weighted by atomic mass is 32.2. The van der Waals surface area contributed by atoms with Crippen LogP contribution in [-0.2, 0) is 5.75 Å². The van der Waals surface area contributed by atoms with Crippen molar-refractivity contribution in [2.24, 2.45) is 0 Å². The molecule has 132 valence electrons. The van der Waals surface area contributed by atoms with Crippen molar-refractivity contribution in [1.29, 1.82) is 0 Å². The zero-order valence-electron chi connectivity index (χ0n) is 13.9. The number of fused-ring (bicyclic) bond motifs is 1. The molecule has 1 N–H and O–H groups in total. The van der Waals surface area contributed by atoms with Crippen LogP contribution in [0.4, 0.5) is 0 Å². The highest BCUT2D eigenvalue weighted by Crippen LogP contribution is 2.32. The number of rotatable bonds is 7. The lowest BCUT2D eigenvalue weighted by Crippen LogP contribution is -2.11. The van der Waals surface area contributed by atoms with Crippen LogP contribution in [0, 0.1) is 0 Å². The molecule has 3 rings (SSSR count). The van der Waals surface area contributed by atoms with Crippen LogP contribution >= 0.6 is 34.9 Å². The molecule has 10 heteroatoms. The van der Waals surface area contributed by atoms with E-state index in [1.807, 2.05) is 0 Å². The molecule has 0 fully saturated rings. The van der Waals surface area contributed by atoms with Crippen LogP contribution in [0.25, 0.3) is 10.9 Å². The number of aromatic amines is 1. The summed E-state index contributed by atoms with van der Waals surface area (Å²) in [7, 11) is 3.08. The summed E-state index contributed by atoms with van der Waals surface area (Å²) >= 11 is 4.70. The standard InChI is InChI=1S/C15H16N4O3S3/c1-4-23-14-18-19-15(25-14)24-7-12-16-9-6-11(22-3)10(21-2)5-8(9)13(20)17-12/h5-6H,4,7H2,1-3H3,(H,16,17,20). The van der Waals surface area contributed by atoms with Crippen molar-refractivity contribution in [3.05, 3.63) is 28.3 Å². The molecule has 3 aromatic rings. The van der Waals surface area contributed by atoms with Crippen LogP contribution in [-0.4, -0.2) is 40.1 Å². The molecule has 0 aliphatic carbocycles. The number of H-pyrrole nitrogens is 1. The number of methoxy groups -OCH3 is 2. The molecule has 0 saturated heterocycles. The first-order valence-electron chi connectivity index (χ1n) is 7.38. The molecule has 0 atom stereocenters. The molecule has 2 heterocycles. The lowest BCUT2D eigenvalue weighted by molar-refractivity contribution is 0.355. The van der Waals surface area contributed by atoms with Gasteiger partial charge < -0.3 is 14.5 Å². The topological polar surface area (TPSA) is 90.0 Å². The van der Waals surface area contributed by atoms with Gasteiger partial charge in [0.15, 0.2) is 20.2 Å². The molecular formula is C15H16N4O3S3. The first-order chi connectivity index (χ1) is 12.1. The summed E-state index contributed by atoms with van der Waals surface area (Å²) in [5.74, 6) is 3.08. The van der Waals surface area contributed by atoms with E-state index in [0.717, 1.165) is 14.4 Å². The van der Waals surface area contributed by atoms with Crippen molar-refractivity contribution in [1.82, 2.24) is 20.2 Å². The second kappa shape index (κ2) is 8.07. The van der Waals surface area contributed by atoms with E-state index >= 15 is 0 Å². The minimum Gasteiger partial charge on any atom is -0.493 e. The minimum atomic E-state index is -0.207. The zero-order chi connectivity index (χ0) is 17.8. The maximum absolute atomic E-state index is 12.3. The average molecular weight is 397 g/mol. The summed E-state index contributed by atoms with van der Waals surface area (Å²) in [6, 6.07) is 3.34. The SMILES string of the molecule is CCSc1nnc(SCc2nc3cc(OC)c(OC)cc3c(=O)[nH]2)s1. The normalized spacial score (nSPS) is 11.0. The smallest absolute Gasteiger partial charge is 0.258 e. The Hall–Kier alpha value is -1.78. The number of aromatic nitrogens is 4. The third-order valence-corrected chi connectivity index (χ3v) is 6.33. The number of nitrogens with one attached hydrogen (secondary N) is 1. The molecule has 0 unspecified atom stereocenters. The number of hydrogen-bond donors (Lipinski definition) is 1. The van der Waals surface area contributed by atoms with Crippen molar-refractivity contribution in [2.75, 3.05) is 20.0 Å². The molecule has 0 bridgehead atoms. The highest BCUT2D eigenvalue weighted by Gasteiger charge is 2.12. The summed E-state index contributed by atoms with van der Waals surface area (Å²) < 4.78 is 12.3. The maximum Gasteiger partial charge on any atom is 0.258 e. The van der Waals surface area contributed by atoms with Gasteiger partial charge >= 0.3 is 0 Å². The van der Waals surface area contributed by atoms with E-state index in [2.05, 4.69) is 27.1 Å². The van der Waals surface area contributed by atoms with Crippen molar-refractivity contribution >= 4 is 45.8 Å². The Labute approximate surface area is 156 Å². The quantitative estimate of drug-likeness (QED) is 0.609. The fourth-order valence-corrected chi connectivity index (χ4v) is 4.94. The molecule has 25 heavy (non-hydrogen) atoms. The Bertz CT molecular complexity index is 941. The van der Waals surface area contributed by atoms with Gasteiger partial charge in [-0.15, -0.1) is 10.2 Å². The lowest BCUT2D eigenvalue weighted by atomic mass is 10.2. The summed E-state index contributed by atoms with van der Waals surface area (Å²) in [4.78, 5) is 19.7. The third-order valence-electron chi connectivity index (χ3n) is 3.25. The fourth-order valence-electron chi connectivity index (χ4n) is 2.15. The first kappa shape index (κ1) is 18.0. The van der Waals surface area contributed by atoms with Gasteiger partial charge in [-0.3, -0.25) is 4.79 Å². The largest absolute Gasteiger partial charge is 0.493 e. The maximum atomic E-state index is 12.3. The number of hydrogen-bond acceptors (Lipinski definition) is 9. The van der Waals surface area contributed by atoms with Crippen molar-refractivity contribution in [3.8, 4) is 11.5 Å². The molecule has 0 spiro atoms. The van der Waals surface area contributed by atoms with E-state index in [1.54, 1.807) is 42.3 Å². The van der Waals surface area contributed by atoms with Crippen molar-refractivity contribution < 1.29 is 9.47 Å². The van der Waals surface area contributed by atoms with Gasteiger partial charge in [0.2, 0.25) is 0 Å².